The lowest BCUT2D eigenvalue weighted by Crippen LogP contribution is -2.16. The molecule has 0 aromatic heterocycles. The Labute approximate surface area is 161 Å². The van der Waals surface area contributed by atoms with Crippen LogP contribution in [0, 0.1) is 0 Å². The molecule has 0 bridgehead atoms. The highest BCUT2D eigenvalue weighted by atomic mass is 35.5. The van der Waals surface area contributed by atoms with Crippen LogP contribution in [0.15, 0.2) is 35.2 Å². The van der Waals surface area contributed by atoms with Crippen LogP contribution >= 0.6 is 11.6 Å². The van der Waals surface area contributed by atoms with E-state index in [-0.39, 0.29) is 27.1 Å². The third-order valence-corrected chi connectivity index (χ3v) is 5.99. The number of amides is 1. The fourth-order valence-corrected chi connectivity index (χ4v) is 4.81. The predicted molar refractivity (Wildman–Crippen MR) is 102 cm³/mol. The molecule has 0 fully saturated rings. The second-order valence-corrected chi connectivity index (χ2v) is 8.31. The Kier molecular flexibility index (Phi) is 5.12. The average Bonchev–Trinajstić information content (AvgIpc) is 3.04. The lowest BCUT2D eigenvalue weighted by Gasteiger charge is -2.14. The first-order chi connectivity index (χ1) is 12.7. The third-order valence-electron chi connectivity index (χ3n) is 4.24. The van der Waals surface area contributed by atoms with Gasteiger partial charge < -0.3 is 10.4 Å². The first-order valence-electron chi connectivity index (χ1n) is 8.16. The van der Waals surface area contributed by atoms with E-state index in [1.54, 1.807) is 0 Å². The molecule has 3 rings (SSSR count). The van der Waals surface area contributed by atoms with Crippen LogP contribution in [-0.4, -0.2) is 25.4 Å². The minimum atomic E-state index is -4.04. The first-order valence-corrected chi connectivity index (χ1v) is 10.0. The summed E-state index contributed by atoms with van der Waals surface area (Å²) in [7, 11) is -4.04. The molecule has 0 spiro atoms. The monoisotopic (exact) mass is 408 g/mol. The van der Waals surface area contributed by atoms with Crippen molar-refractivity contribution in [1.82, 2.24) is 0 Å². The molecular weight excluding hydrogens is 392 g/mol. The highest BCUT2D eigenvalue weighted by Gasteiger charge is 2.26. The topological polar surface area (TPSA) is 113 Å². The van der Waals surface area contributed by atoms with Gasteiger partial charge in [0.25, 0.3) is 10.0 Å². The zero-order valence-electron chi connectivity index (χ0n) is 14.4. The summed E-state index contributed by atoms with van der Waals surface area (Å²) in [5.41, 5.74) is 1.88. The van der Waals surface area contributed by atoms with Gasteiger partial charge in [0.15, 0.2) is 0 Å². The molecule has 7 nitrogen and oxygen atoms in total. The van der Waals surface area contributed by atoms with Crippen molar-refractivity contribution in [2.24, 2.45) is 0 Å². The normalized spacial score (nSPS) is 13.1. The molecule has 142 valence electrons. The van der Waals surface area contributed by atoms with Gasteiger partial charge in [0.1, 0.15) is 0 Å². The van der Waals surface area contributed by atoms with Crippen LogP contribution in [0.2, 0.25) is 5.02 Å². The summed E-state index contributed by atoms with van der Waals surface area (Å²) in [5, 5.41) is 11.9. The van der Waals surface area contributed by atoms with Gasteiger partial charge in [-0.05, 0) is 60.7 Å². The summed E-state index contributed by atoms with van der Waals surface area (Å²) in [6.07, 6.45) is 1.99. The summed E-state index contributed by atoms with van der Waals surface area (Å²) in [4.78, 5) is 22.4. The van der Waals surface area contributed by atoms with Gasteiger partial charge in [-0.1, -0.05) is 11.6 Å². The summed E-state index contributed by atoms with van der Waals surface area (Å²) in [5.74, 6) is -1.46. The molecule has 1 amide bonds. The lowest BCUT2D eigenvalue weighted by molar-refractivity contribution is -0.114. The van der Waals surface area contributed by atoms with Gasteiger partial charge >= 0.3 is 5.97 Å². The van der Waals surface area contributed by atoms with E-state index in [9.17, 15) is 23.1 Å². The van der Waals surface area contributed by atoms with Crippen LogP contribution in [0.3, 0.4) is 0 Å². The molecule has 0 saturated heterocycles. The maximum Gasteiger partial charge on any atom is 0.335 e. The SMILES string of the molecule is CC(=O)Nc1ccc(NS(=O)(=O)c2cc(C(=O)O)cc3c2CCC3)c(Cl)c1. The molecule has 0 radical (unpaired) electrons. The van der Waals surface area contributed by atoms with Crippen molar-refractivity contribution in [1.29, 1.82) is 0 Å². The standard InChI is InChI=1S/C18H17ClN2O5S/c1-10(22)20-13-5-6-16(15(19)9-13)21-27(25,26)17-8-12(18(23)24)7-11-3-2-4-14(11)17/h5-9,21H,2-4H2,1H3,(H,20,22)(H,23,24). The maximum absolute atomic E-state index is 12.9. The summed E-state index contributed by atoms with van der Waals surface area (Å²) < 4.78 is 28.3. The number of halogens is 1. The minimum Gasteiger partial charge on any atom is -0.478 e. The van der Waals surface area contributed by atoms with E-state index in [4.69, 9.17) is 11.6 Å². The van der Waals surface area contributed by atoms with Crippen molar-refractivity contribution in [3.8, 4) is 0 Å². The quantitative estimate of drug-likeness (QED) is 0.702. The number of aryl methyl sites for hydroxylation is 1. The summed E-state index contributed by atoms with van der Waals surface area (Å²) >= 11 is 6.13. The number of nitrogens with one attached hydrogen (secondary N) is 2. The highest BCUT2D eigenvalue weighted by Crippen LogP contribution is 2.33. The van der Waals surface area contributed by atoms with Gasteiger partial charge in [-0.15, -0.1) is 0 Å². The zero-order valence-corrected chi connectivity index (χ0v) is 15.9. The van der Waals surface area contributed by atoms with Crippen molar-refractivity contribution in [2.45, 2.75) is 31.1 Å². The van der Waals surface area contributed by atoms with E-state index < -0.39 is 16.0 Å². The van der Waals surface area contributed by atoms with Crippen molar-refractivity contribution in [2.75, 3.05) is 10.0 Å². The second-order valence-electron chi connectivity index (χ2n) is 6.25. The largest absolute Gasteiger partial charge is 0.478 e. The fraction of sp³-hybridized carbons (Fsp3) is 0.222. The van der Waals surface area contributed by atoms with Gasteiger partial charge in [-0.25, -0.2) is 13.2 Å². The number of rotatable bonds is 5. The van der Waals surface area contributed by atoms with Crippen molar-refractivity contribution >= 4 is 44.9 Å². The molecule has 1 aliphatic rings. The van der Waals surface area contributed by atoms with Gasteiger partial charge in [0.2, 0.25) is 5.91 Å². The number of benzene rings is 2. The number of anilines is 2. The van der Waals surface area contributed by atoms with Gasteiger partial charge in [-0.3, -0.25) is 9.52 Å². The summed E-state index contributed by atoms with van der Waals surface area (Å²) in [6, 6.07) is 7.09. The summed E-state index contributed by atoms with van der Waals surface area (Å²) in [6.45, 7) is 1.35. The Morgan fingerprint density at radius 3 is 2.52 bits per heavy atom. The number of aromatic carboxylic acids is 1. The van der Waals surface area contributed by atoms with Crippen LogP contribution in [0.5, 0.6) is 0 Å². The Morgan fingerprint density at radius 2 is 1.89 bits per heavy atom. The number of carbonyl (C=O) groups excluding carboxylic acids is 1. The van der Waals surface area contributed by atoms with Crippen LogP contribution in [0.25, 0.3) is 0 Å². The van der Waals surface area contributed by atoms with Crippen LogP contribution < -0.4 is 10.0 Å². The molecule has 0 aliphatic heterocycles. The van der Waals surface area contributed by atoms with Crippen molar-refractivity contribution < 1.29 is 23.1 Å². The van der Waals surface area contributed by atoms with Crippen LogP contribution in [0.4, 0.5) is 11.4 Å². The van der Waals surface area contributed by atoms with E-state index in [1.165, 1.54) is 37.3 Å². The number of fused-ring (bicyclic) bond motifs is 1. The number of carboxylic acids is 1. The molecule has 0 heterocycles. The molecule has 1 aliphatic carbocycles. The van der Waals surface area contributed by atoms with Gasteiger partial charge in [0.05, 0.1) is 21.2 Å². The van der Waals surface area contributed by atoms with E-state index in [0.717, 1.165) is 12.0 Å². The van der Waals surface area contributed by atoms with E-state index in [0.29, 0.717) is 24.1 Å². The van der Waals surface area contributed by atoms with Gasteiger partial charge in [0, 0.05) is 12.6 Å². The first kappa shape index (κ1) is 19.2. The molecule has 2 aromatic rings. The fourth-order valence-electron chi connectivity index (χ4n) is 3.11. The molecule has 0 unspecified atom stereocenters. The molecular formula is C18H17ClN2O5S. The van der Waals surface area contributed by atoms with E-state index >= 15 is 0 Å². The molecule has 2 aromatic carbocycles. The number of hydrogen-bond acceptors (Lipinski definition) is 4. The number of hydrogen-bond donors (Lipinski definition) is 3. The second kappa shape index (κ2) is 7.21. The molecule has 27 heavy (non-hydrogen) atoms. The van der Waals surface area contributed by atoms with Gasteiger partial charge in [-0.2, -0.15) is 0 Å². The number of carbonyl (C=O) groups is 2. The third kappa shape index (κ3) is 4.06. The van der Waals surface area contributed by atoms with E-state index in [1.807, 2.05) is 0 Å². The lowest BCUT2D eigenvalue weighted by atomic mass is 10.1. The van der Waals surface area contributed by atoms with Crippen LogP contribution in [-0.2, 0) is 27.7 Å². The molecule has 0 saturated carbocycles. The Balaban J connectivity index is 1.99. The Hall–Kier alpha value is -2.58. The molecule has 9 heteroatoms. The Bertz CT molecular complexity index is 1050. The highest BCUT2D eigenvalue weighted by molar-refractivity contribution is 7.92. The minimum absolute atomic E-state index is 0.0445. The van der Waals surface area contributed by atoms with Crippen molar-refractivity contribution in [3.63, 3.8) is 0 Å². The molecule has 3 N–H and O–H groups in total. The smallest absolute Gasteiger partial charge is 0.335 e. The number of sulfonamides is 1. The average molecular weight is 409 g/mol. The zero-order chi connectivity index (χ0) is 19.8. The number of carboxylic acid groups (broad SMARTS) is 1. The Morgan fingerprint density at radius 1 is 1.15 bits per heavy atom. The maximum atomic E-state index is 12.9. The van der Waals surface area contributed by atoms with Crippen molar-refractivity contribution in [3.05, 3.63) is 52.0 Å². The van der Waals surface area contributed by atoms with E-state index in [2.05, 4.69) is 10.0 Å². The predicted octanol–water partition coefficient (Wildman–Crippen LogP) is 3.29. The molecule has 0 atom stereocenters. The van der Waals surface area contributed by atoms with Crippen LogP contribution in [0.1, 0.15) is 34.8 Å².